The third-order valence-corrected chi connectivity index (χ3v) is 4.04. The number of rotatable bonds is 1. The van der Waals surface area contributed by atoms with Crippen LogP contribution < -0.4 is 5.32 Å². The summed E-state index contributed by atoms with van der Waals surface area (Å²) in [6.07, 6.45) is -3.80. The molecule has 4 heteroatoms. The summed E-state index contributed by atoms with van der Waals surface area (Å²) in [4.78, 5) is 0. The van der Waals surface area contributed by atoms with Crippen LogP contribution in [0, 0.1) is 11.8 Å². The van der Waals surface area contributed by atoms with Gasteiger partial charge in [0.2, 0.25) is 0 Å². The summed E-state index contributed by atoms with van der Waals surface area (Å²) >= 11 is 0. The van der Waals surface area contributed by atoms with Gasteiger partial charge < -0.3 is 5.32 Å². The molecule has 0 saturated carbocycles. The van der Waals surface area contributed by atoms with Crippen molar-refractivity contribution >= 4 is 5.69 Å². The summed E-state index contributed by atoms with van der Waals surface area (Å²) < 4.78 is 40.6. The van der Waals surface area contributed by atoms with Crippen LogP contribution in [-0.2, 0) is 6.42 Å². The van der Waals surface area contributed by atoms with Gasteiger partial charge in [0.25, 0.3) is 0 Å². The zero-order chi connectivity index (χ0) is 13.6. The minimum absolute atomic E-state index is 0.459. The average molecular weight is 257 g/mol. The van der Waals surface area contributed by atoms with Crippen molar-refractivity contribution in [2.75, 3.05) is 5.32 Å². The Balaban J connectivity index is 2.51. The molecular weight excluding hydrogens is 239 g/mol. The third-order valence-electron chi connectivity index (χ3n) is 4.04. The number of hydrogen-bond acceptors (Lipinski definition) is 1. The van der Waals surface area contributed by atoms with Gasteiger partial charge in [0, 0.05) is 5.69 Å². The first-order valence-electron chi connectivity index (χ1n) is 6.22. The molecule has 0 saturated heterocycles. The second-order valence-corrected chi connectivity index (χ2v) is 5.41. The first-order valence-corrected chi connectivity index (χ1v) is 6.22. The fourth-order valence-electron chi connectivity index (χ4n) is 3.05. The second kappa shape index (κ2) is 4.18. The molecule has 100 valence electrons. The van der Waals surface area contributed by atoms with E-state index < -0.39 is 23.6 Å². The van der Waals surface area contributed by atoms with Gasteiger partial charge in [-0.05, 0) is 29.9 Å². The van der Waals surface area contributed by atoms with E-state index in [1.807, 2.05) is 12.1 Å². The maximum absolute atomic E-state index is 13.5. The molecule has 2 atom stereocenters. The van der Waals surface area contributed by atoms with Crippen molar-refractivity contribution in [1.29, 1.82) is 0 Å². The zero-order valence-corrected chi connectivity index (χ0v) is 10.8. The van der Waals surface area contributed by atoms with Crippen LogP contribution in [0.1, 0.15) is 26.3 Å². The van der Waals surface area contributed by atoms with Crippen molar-refractivity contribution in [3.05, 3.63) is 29.8 Å². The Bertz CT molecular complexity index is 439. The third kappa shape index (κ3) is 1.78. The molecule has 1 heterocycles. The van der Waals surface area contributed by atoms with Gasteiger partial charge in [-0.2, -0.15) is 13.2 Å². The molecule has 1 nitrogen and oxygen atoms in total. The van der Waals surface area contributed by atoms with E-state index in [0.29, 0.717) is 12.1 Å². The summed E-state index contributed by atoms with van der Waals surface area (Å²) in [6, 6.07) is 7.25. The van der Waals surface area contributed by atoms with Crippen molar-refractivity contribution < 1.29 is 13.2 Å². The molecule has 0 radical (unpaired) electrons. The van der Waals surface area contributed by atoms with E-state index in [1.54, 1.807) is 32.9 Å². The highest BCUT2D eigenvalue weighted by Crippen LogP contribution is 2.48. The maximum atomic E-state index is 13.5. The average Bonchev–Trinajstić information content (AvgIpc) is 2.25. The van der Waals surface area contributed by atoms with Gasteiger partial charge in [0.05, 0.1) is 0 Å². The molecule has 0 aromatic heterocycles. The molecule has 1 aliphatic rings. The molecule has 1 aromatic rings. The van der Waals surface area contributed by atoms with E-state index in [2.05, 4.69) is 5.32 Å². The minimum atomic E-state index is -4.26. The normalized spacial score (nSPS) is 27.8. The van der Waals surface area contributed by atoms with Gasteiger partial charge in [-0.3, -0.25) is 0 Å². The number of para-hydroxylation sites is 1. The lowest BCUT2D eigenvalue weighted by Crippen LogP contribution is -2.62. The minimum Gasteiger partial charge on any atom is -0.371 e. The Hall–Kier alpha value is -1.19. The van der Waals surface area contributed by atoms with Crippen molar-refractivity contribution in [2.24, 2.45) is 11.8 Å². The molecule has 1 aliphatic heterocycles. The Kier molecular flexibility index (Phi) is 3.07. The number of halogens is 3. The van der Waals surface area contributed by atoms with Crippen molar-refractivity contribution in [2.45, 2.75) is 38.9 Å². The Labute approximate surface area is 105 Å². The predicted molar refractivity (Wildman–Crippen MR) is 66.6 cm³/mol. The molecule has 0 amide bonds. The number of nitrogens with one attached hydrogen (secondary N) is 1. The molecule has 0 bridgehead atoms. The Morgan fingerprint density at radius 3 is 2.44 bits per heavy atom. The summed E-state index contributed by atoms with van der Waals surface area (Å²) in [6.45, 7) is 4.94. The highest BCUT2D eigenvalue weighted by molar-refractivity contribution is 5.56. The van der Waals surface area contributed by atoms with E-state index in [-0.39, 0.29) is 0 Å². The van der Waals surface area contributed by atoms with Gasteiger partial charge in [-0.25, -0.2) is 0 Å². The van der Waals surface area contributed by atoms with Crippen LogP contribution >= 0.6 is 0 Å². The zero-order valence-electron chi connectivity index (χ0n) is 10.8. The van der Waals surface area contributed by atoms with Gasteiger partial charge in [-0.15, -0.1) is 0 Å². The van der Waals surface area contributed by atoms with E-state index in [1.165, 1.54) is 0 Å². The molecule has 1 N–H and O–H groups in total. The van der Waals surface area contributed by atoms with Crippen LogP contribution in [0.3, 0.4) is 0 Å². The van der Waals surface area contributed by atoms with Crippen LogP contribution in [0.4, 0.5) is 18.9 Å². The number of alkyl halides is 3. The molecule has 0 fully saturated rings. The molecule has 0 spiro atoms. The van der Waals surface area contributed by atoms with Crippen LogP contribution in [-0.4, -0.2) is 11.7 Å². The molecule has 0 aliphatic carbocycles. The molecule has 18 heavy (non-hydrogen) atoms. The molecule has 1 aromatic carbocycles. The SMILES string of the molecule is CC(C)C1(C(F)(F)F)Nc2ccccc2CC1C. The topological polar surface area (TPSA) is 12.0 Å². The fourth-order valence-corrected chi connectivity index (χ4v) is 3.05. The predicted octanol–water partition coefficient (Wildman–Crippen LogP) is 4.25. The number of benzene rings is 1. The van der Waals surface area contributed by atoms with Crippen LogP contribution in [0.5, 0.6) is 0 Å². The largest absolute Gasteiger partial charge is 0.411 e. The van der Waals surface area contributed by atoms with Crippen LogP contribution in [0.25, 0.3) is 0 Å². The number of anilines is 1. The van der Waals surface area contributed by atoms with E-state index in [0.717, 1.165) is 5.56 Å². The fraction of sp³-hybridized carbons (Fsp3) is 0.571. The lowest BCUT2D eigenvalue weighted by atomic mass is 9.70. The maximum Gasteiger partial charge on any atom is 0.411 e. The standard InChI is InChI=1S/C14H18F3N/c1-9(2)13(14(15,16)17)10(3)8-11-6-4-5-7-12(11)18-13/h4-7,9-10,18H,8H2,1-3H3. The quantitative estimate of drug-likeness (QED) is 0.793. The van der Waals surface area contributed by atoms with E-state index >= 15 is 0 Å². The highest BCUT2D eigenvalue weighted by atomic mass is 19.4. The van der Waals surface area contributed by atoms with Crippen molar-refractivity contribution in [3.63, 3.8) is 0 Å². The van der Waals surface area contributed by atoms with Crippen LogP contribution in [0.2, 0.25) is 0 Å². The van der Waals surface area contributed by atoms with Crippen molar-refractivity contribution in [3.8, 4) is 0 Å². The Morgan fingerprint density at radius 1 is 1.28 bits per heavy atom. The first-order chi connectivity index (χ1) is 8.29. The van der Waals surface area contributed by atoms with Gasteiger partial charge in [0.1, 0.15) is 5.54 Å². The van der Waals surface area contributed by atoms with E-state index in [4.69, 9.17) is 0 Å². The first kappa shape index (κ1) is 13.2. The summed E-state index contributed by atoms with van der Waals surface area (Å²) in [5, 5.41) is 2.77. The Morgan fingerprint density at radius 2 is 1.89 bits per heavy atom. The summed E-state index contributed by atoms with van der Waals surface area (Å²) in [5.41, 5.74) is -0.256. The van der Waals surface area contributed by atoms with Gasteiger partial charge in [-0.1, -0.05) is 39.0 Å². The van der Waals surface area contributed by atoms with Gasteiger partial charge >= 0.3 is 6.18 Å². The number of hydrogen-bond donors (Lipinski definition) is 1. The molecule has 2 unspecified atom stereocenters. The number of fused-ring (bicyclic) bond motifs is 1. The van der Waals surface area contributed by atoms with E-state index in [9.17, 15) is 13.2 Å². The highest BCUT2D eigenvalue weighted by Gasteiger charge is 2.61. The lowest BCUT2D eigenvalue weighted by molar-refractivity contribution is -0.205. The smallest absolute Gasteiger partial charge is 0.371 e. The molecular formula is C14H18F3N. The van der Waals surface area contributed by atoms with Crippen molar-refractivity contribution in [1.82, 2.24) is 0 Å². The van der Waals surface area contributed by atoms with Gasteiger partial charge in [0.15, 0.2) is 0 Å². The second-order valence-electron chi connectivity index (χ2n) is 5.41. The van der Waals surface area contributed by atoms with Crippen LogP contribution in [0.15, 0.2) is 24.3 Å². The summed E-state index contributed by atoms with van der Waals surface area (Å²) in [7, 11) is 0. The lowest BCUT2D eigenvalue weighted by Gasteiger charge is -2.48. The summed E-state index contributed by atoms with van der Waals surface area (Å²) in [5.74, 6) is -0.992. The monoisotopic (exact) mass is 257 g/mol. The molecule has 2 rings (SSSR count).